The minimum Gasteiger partial charge on any atom is -0.508 e. The number of rotatable bonds is 10. The lowest BCUT2D eigenvalue weighted by atomic mass is 9.72. The van der Waals surface area contributed by atoms with Crippen LogP contribution in [0, 0.1) is 17.7 Å². The predicted octanol–water partition coefficient (Wildman–Crippen LogP) is 6.08. The van der Waals surface area contributed by atoms with E-state index < -0.39 is 0 Å². The van der Waals surface area contributed by atoms with Crippen molar-refractivity contribution in [3.05, 3.63) is 82.6 Å². The van der Waals surface area contributed by atoms with Crippen molar-refractivity contribution in [1.82, 2.24) is 9.80 Å². The van der Waals surface area contributed by atoms with Crippen LogP contribution in [-0.4, -0.2) is 67.5 Å². The van der Waals surface area contributed by atoms with Crippen LogP contribution in [0.25, 0.3) is 0 Å². The number of phenols is 1. The Morgan fingerprint density at radius 1 is 0.951 bits per heavy atom. The lowest BCUT2D eigenvalue weighted by molar-refractivity contribution is 0.0999. The van der Waals surface area contributed by atoms with Gasteiger partial charge in [-0.2, -0.15) is 0 Å². The Hall–Kier alpha value is -3.03. The molecule has 7 heteroatoms. The highest BCUT2D eigenvalue weighted by molar-refractivity contribution is 5.38. The maximum atomic E-state index is 15.3. The van der Waals surface area contributed by atoms with Crippen molar-refractivity contribution in [2.45, 2.75) is 64.6 Å². The lowest BCUT2D eigenvalue weighted by Gasteiger charge is -2.41. The van der Waals surface area contributed by atoms with E-state index in [9.17, 15) is 5.11 Å². The fourth-order valence-electron chi connectivity index (χ4n) is 6.83. The van der Waals surface area contributed by atoms with Crippen molar-refractivity contribution in [3.63, 3.8) is 0 Å². The van der Waals surface area contributed by atoms with Crippen molar-refractivity contribution >= 4 is 0 Å². The summed E-state index contributed by atoms with van der Waals surface area (Å²) in [5.41, 5.74) is 3.46. The van der Waals surface area contributed by atoms with Gasteiger partial charge in [-0.15, -0.1) is 0 Å². The summed E-state index contributed by atoms with van der Waals surface area (Å²) in [4.78, 5) is 4.80. The molecular formula is C34H45FN2O4. The van der Waals surface area contributed by atoms with E-state index in [2.05, 4.69) is 41.9 Å². The molecule has 1 fully saturated rings. The number of halogens is 1. The van der Waals surface area contributed by atoms with E-state index >= 15 is 4.39 Å². The number of piperidine rings is 1. The number of likely N-dealkylation sites (N-methyl/N-ethyl adjacent to an activating group) is 1. The van der Waals surface area contributed by atoms with Crippen LogP contribution in [0.2, 0.25) is 0 Å². The number of phenolic OH excluding ortho intramolecular Hbond substituents is 1. The Morgan fingerprint density at radius 3 is 2.39 bits per heavy atom. The molecule has 0 aromatic heterocycles. The van der Waals surface area contributed by atoms with Crippen LogP contribution < -0.4 is 4.74 Å². The van der Waals surface area contributed by atoms with Crippen molar-refractivity contribution in [3.8, 4) is 11.5 Å². The minimum absolute atomic E-state index is 0.0669. The van der Waals surface area contributed by atoms with Crippen LogP contribution in [0.5, 0.6) is 11.5 Å². The fourth-order valence-corrected chi connectivity index (χ4v) is 6.83. The first-order valence-corrected chi connectivity index (χ1v) is 15.2. The number of hydrogen-bond acceptors (Lipinski definition) is 6. The molecule has 1 heterocycles. The lowest BCUT2D eigenvalue weighted by Crippen LogP contribution is -2.44. The highest BCUT2D eigenvalue weighted by Crippen LogP contribution is 2.40. The van der Waals surface area contributed by atoms with Gasteiger partial charge < -0.3 is 24.2 Å². The molecule has 2 aliphatic carbocycles. The number of aromatic hydroxyl groups is 1. The van der Waals surface area contributed by atoms with E-state index in [1.165, 1.54) is 11.1 Å². The standard InChI is InChI=1S/C34H45FN2O4/c1-5-36-15-13-28(14-16-36)41-32-12-7-23(17-30(32)35)22-37(6-2)31-21-34(40-4)33(39-3)20-29(31)26-9-8-25-19-27(38)11-10-24(25)18-26/h7,10-12,17,19-21,26,28-29,31,38H,5-6,8-9,13-16,18,22H2,1-4H3/t26-,29?,31?/m1/s1. The summed E-state index contributed by atoms with van der Waals surface area (Å²) >= 11 is 0. The number of aryl methyl sites for hydroxylation is 1. The molecule has 2 aromatic rings. The zero-order chi connectivity index (χ0) is 28.9. The van der Waals surface area contributed by atoms with Gasteiger partial charge in [-0.25, -0.2) is 4.39 Å². The van der Waals surface area contributed by atoms with Crippen LogP contribution >= 0.6 is 0 Å². The normalized spacial score (nSPS) is 23.5. The predicted molar refractivity (Wildman–Crippen MR) is 159 cm³/mol. The molecule has 0 bridgehead atoms. The number of fused-ring (bicyclic) bond motifs is 1. The van der Waals surface area contributed by atoms with Crippen LogP contribution in [0.3, 0.4) is 0 Å². The number of ether oxygens (including phenoxy) is 3. The number of methoxy groups -OCH3 is 2. The van der Waals surface area contributed by atoms with Gasteiger partial charge >= 0.3 is 0 Å². The molecular weight excluding hydrogens is 519 g/mol. The molecule has 3 atom stereocenters. The van der Waals surface area contributed by atoms with Gasteiger partial charge in [0.1, 0.15) is 11.9 Å². The van der Waals surface area contributed by atoms with E-state index in [-0.39, 0.29) is 23.9 Å². The zero-order valence-electron chi connectivity index (χ0n) is 24.9. The topological polar surface area (TPSA) is 54.4 Å². The number of likely N-dealkylation sites (tertiary alicyclic amines) is 1. The summed E-state index contributed by atoms with van der Waals surface area (Å²) in [6.45, 7) is 8.80. The van der Waals surface area contributed by atoms with Gasteiger partial charge in [0.05, 0.1) is 14.2 Å². The first-order valence-electron chi connectivity index (χ1n) is 15.2. The van der Waals surface area contributed by atoms with Gasteiger partial charge in [-0.1, -0.05) is 26.0 Å². The van der Waals surface area contributed by atoms with E-state index in [4.69, 9.17) is 14.2 Å². The molecule has 1 aliphatic heterocycles. The molecule has 6 nitrogen and oxygen atoms in total. The number of nitrogens with zero attached hydrogens (tertiary/aromatic N) is 2. The second kappa shape index (κ2) is 13.3. The quantitative estimate of drug-likeness (QED) is 0.378. The minimum atomic E-state index is -0.293. The molecule has 0 saturated carbocycles. The molecule has 2 unspecified atom stereocenters. The molecule has 5 rings (SSSR count). The first kappa shape index (κ1) is 29.5. The summed E-state index contributed by atoms with van der Waals surface area (Å²) in [7, 11) is 3.36. The molecule has 41 heavy (non-hydrogen) atoms. The number of hydrogen-bond donors (Lipinski definition) is 1. The average molecular weight is 565 g/mol. The summed E-state index contributed by atoms with van der Waals surface area (Å²) in [5, 5.41) is 9.96. The molecule has 3 aliphatic rings. The highest BCUT2D eigenvalue weighted by Gasteiger charge is 2.37. The van der Waals surface area contributed by atoms with Gasteiger partial charge in [-0.3, -0.25) is 4.90 Å². The summed E-state index contributed by atoms with van der Waals surface area (Å²) in [6.07, 6.45) is 9.23. The zero-order valence-corrected chi connectivity index (χ0v) is 24.9. The van der Waals surface area contributed by atoms with Gasteiger partial charge in [0, 0.05) is 31.6 Å². The Bertz CT molecular complexity index is 1250. The summed E-state index contributed by atoms with van der Waals surface area (Å²) in [6, 6.07) is 11.3. The van der Waals surface area contributed by atoms with E-state index in [0.29, 0.717) is 24.0 Å². The average Bonchev–Trinajstić information content (AvgIpc) is 3.00. The SMILES string of the molecule is CCN1CCC(Oc2ccc(CN(CC)C3C=C(OC)C(OC)=CC3[C@@H]3CCc4cc(O)ccc4C3)cc2F)CC1. The second-order valence-corrected chi connectivity index (χ2v) is 11.6. The third-order valence-electron chi connectivity index (χ3n) is 9.23. The van der Waals surface area contributed by atoms with Crippen molar-refractivity contribution in [2.24, 2.45) is 11.8 Å². The maximum absolute atomic E-state index is 15.3. The van der Waals surface area contributed by atoms with Crippen molar-refractivity contribution in [1.29, 1.82) is 0 Å². The van der Waals surface area contributed by atoms with Crippen LogP contribution in [0.15, 0.2) is 60.1 Å². The molecule has 0 amide bonds. The fraction of sp³-hybridized carbons (Fsp3) is 0.529. The molecule has 0 spiro atoms. The Balaban J connectivity index is 1.33. The van der Waals surface area contributed by atoms with Gasteiger partial charge in [0.15, 0.2) is 23.1 Å². The Morgan fingerprint density at radius 2 is 1.71 bits per heavy atom. The van der Waals surface area contributed by atoms with Crippen LogP contribution in [0.1, 0.15) is 49.8 Å². The Kier molecular flexibility index (Phi) is 9.56. The van der Waals surface area contributed by atoms with Crippen molar-refractivity contribution < 1.29 is 23.7 Å². The monoisotopic (exact) mass is 564 g/mol. The smallest absolute Gasteiger partial charge is 0.165 e. The molecule has 2 aromatic carbocycles. The summed E-state index contributed by atoms with van der Waals surface area (Å²) in [5.74, 6) is 2.48. The van der Waals surface area contributed by atoms with Gasteiger partial charge in [0.2, 0.25) is 0 Å². The molecule has 1 N–H and O–H groups in total. The maximum Gasteiger partial charge on any atom is 0.165 e. The van der Waals surface area contributed by atoms with Crippen LogP contribution in [0.4, 0.5) is 4.39 Å². The van der Waals surface area contributed by atoms with Gasteiger partial charge in [-0.05, 0) is 104 Å². The van der Waals surface area contributed by atoms with Crippen molar-refractivity contribution in [2.75, 3.05) is 40.4 Å². The Labute approximate surface area is 244 Å². The second-order valence-electron chi connectivity index (χ2n) is 11.6. The molecule has 1 saturated heterocycles. The van der Waals surface area contributed by atoms with E-state index in [1.54, 1.807) is 32.4 Å². The van der Waals surface area contributed by atoms with Gasteiger partial charge in [0.25, 0.3) is 0 Å². The third kappa shape index (κ3) is 6.73. The highest BCUT2D eigenvalue weighted by atomic mass is 19.1. The number of benzene rings is 2. The third-order valence-corrected chi connectivity index (χ3v) is 9.23. The molecule has 222 valence electrons. The van der Waals surface area contributed by atoms with E-state index in [1.807, 2.05) is 12.1 Å². The van der Waals surface area contributed by atoms with E-state index in [0.717, 1.165) is 75.4 Å². The molecule has 0 radical (unpaired) electrons. The first-order chi connectivity index (χ1) is 19.9. The van der Waals surface area contributed by atoms with Crippen LogP contribution in [-0.2, 0) is 28.9 Å². The largest absolute Gasteiger partial charge is 0.508 e. The summed E-state index contributed by atoms with van der Waals surface area (Å²) < 4.78 is 32.8.